The molecule has 0 aliphatic carbocycles. The molecule has 0 amide bonds. The Labute approximate surface area is 124 Å². The van der Waals surface area contributed by atoms with Crippen LogP contribution in [0.1, 0.15) is 26.7 Å². The molecule has 0 unspecified atom stereocenters. The number of sulfonamides is 1. The van der Waals surface area contributed by atoms with Gasteiger partial charge in [-0.05, 0) is 36.1 Å². The molecule has 1 aromatic rings. The Bertz CT molecular complexity index is 567. The number of rotatable bonds is 7. The van der Waals surface area contributed by atoms with Crippen molar-refractivity contribution in [1.29, 1.82) is 0 Å². The van der Waals surface area contributed by atoms with Crippen molar-refractivity contribution in [2.75, 3.05) is 6.54 Å². The maximum absolute atomic E-state index is 12.0. The van der Waals surface area contributed by atoms with Crippen LogP contribution in [0, 0.1) is 5.41 Å². The zero-order valence-corrected chi connectivity index (χ0v) is 13.0. The molecule has 2 N–H and O–H groups in total. The number of hydrogen-bond donors (Lipinski definition) is 2. The first-order valence-corrected chi connectivity index (χ1v) is 7.96. The molecule has 0 spiro atoms. The second-order valence-electron chi connectivity index (χ2n) is 5.34. The van der Waals surface area contributed by atoms with Crippen molar-refractivity contribution in [1.82, 2.24) is 4.72 Å². The highest BCUT2D eigenvalue weighted by atomic mass is 35.5. The van der Waals surface area contributed by atoms with Gasteiger partial charge in [0.15, 0.2) is 0 Å². The minimum atomic E-state index is -3.58. The summed E-state index contributed by atoms with van der Waals surface area (Å²) in [7, 11) is -3.58. The number of carboxylic acid groups (broad SMARTS) is 1. The summed E-state index contributed by atoms with van der Waals surface area (Å²) < 4.78 is 26.4. The molecule has 5 nitrogen and oxygen atoms in total. The third-order valence-corrected chi connectivity index (χ3v) is 4.58. The van der Waals surface area contributed by atoms with E-state index in [9.17, 15) is 13.2 Å². The average Bonchev–Trinajstić information content (AvgIpc) is 2.26. The highest BCUT2D eigenvalue weighted by molar-refractivity contribution is 7.89. The van der Waals surface area contributed by atoms with Crippen LogP contribution in [0.5, 0.6) is 0 Å². The summed E-state index contributed by atoms with van der Waals surface area (Å²) in [5, 5.41) is 9.23. The van der Waals surface area contributed by atoms with Gasteiger partial charge in [-0.25, -0.2) is 13.1 Å². The zero-order valence-electron chi connectivity index (χ0n) is 11.4. The number of nitrogens with one attached hydrogen (secondary N) is 1. The number of carbonyl (C=O) groups is 1. The van der Waals surface area contributed by atoms with E-state index in [2.05, 4.69) is 4.72 Å². The second-order valence-corrected chi connectivity index (χ2v) is 7.54. The highest BCUT2D eigenvalue weighted by Crippen LogP contribution is 2.24. The van der Waals surface area contributed by atoms with Crippen molar-refractivity contribution >= 4 is 27.6 Å². The third-order valence-electron chi connectivity index (χ3n) is 2.85. The van der Waals surface area contributed by atoms with Gasteiger partial charge in [-0.3, -0.25) is 4.79 Å². The van der Waals surface area contributed by atoms with Gasteiger partial charge >= 0.3 is 5.97 Å². The van der Waals surface area contributed by atoms with Gasteiger partial charge < -0.3 is 5.11 Å². The number of benzene rings is 1. The van der Waals surface area contributed by atoms with Gasteiger partial charge in [0.25, 0.3) is 0 Å². The predicted octanol–water partition coefficient (Wildman–Crippen LogP) is 2.51. The summed E-state index contributed by atoms with van der Waals surface area (Å²) >= 11 is 5.70. The second kappa shape index (κ2) is 6.56. The largest absolute Gasteiger partial charge is 0.481 e. The molecule has 0 aromatic heterocycles. The van der Waals surface area contributed by atoms with Crippen LogP contribution in [0.4, 0.5) is 0 Å². The van der Waals surface area contributed by atoms with Gasteiger partial charge in [-0.2, -0.15) is 0 Å². The lowest BCUT2D eigenvalue weighted by Gasteiger charge is -2.22. The summed E-state index contributed by atoms with van der Waals surface area (Å²) in [5.41, 5.74) is -0.464. The van der Waals surface area contributed by atoms with Crippen LogP contribution < -0.4 is 4.72 Å². The summed E-state index contributed by atoms with van der Waals surface area (Å²) in [6, 6.07) is 5.86. The van der Waals surface area contributed by atoms with E-state index in [-0.39, 0.29) is 17.9 Å². The lowest BCUT2D eigenvalue weighted by molar-refractivity contribution is -0.139. The fourth-order valence-electron chi connectivity index (χ4n) is 1.72. The smallest absolute Gasteiger partial charge is 0.303 e. The SMILES string of the molecule is CC(C)(CCNS(=O)(=O)c1ccc(Cl)cc1)CC(=O)O. The Morgan fingerprint density at radius 1 is 1.30 bits per heavy atom. The molecule has 7 heteroatoms. The average molecular weight is 320 g/mol. The number of carboxylic acids is 1. The normalized spacial score (nSPS) is 12.3. The van der Waals surface area contributed by atoms with Gasteiger partial charge in [-0.15, -0.1) is 0 Å². The molecule has 0 bridgehead atoms. The van der Waals surface area contributed by atoms with Crippen LogP contribution in [-0.2, 0) is 14.8 Å². The molecule has 0 aliphatic heterocycles. The van der Waals surface area contributed by atoms with Crippen LogP contribution in [0.15, 0.2) is 29.2 Å². The zero-order chi connectivity index (χ0) is 15.4. The van der Waals surface area contributed by atoms with E-state index in [1.165, 1.54) is 24.3 Å². The molecule has 0 aliphatic rings. The fraction of sp³-hybridized carbons (Fsp3) is 0.462. The molecule has 0 saturated carbocycles. The molecular weight excluding hydrogens is 302 g/mol. The minimum absolute atomic E-state index is 0.00429. The standard InChI is InChI=1S/C13H18ClNO4S/c1-13(2,9-12(16)17)7-8-15-20(18,19)11-5-3-10(14)4-6-11/h3-6,15H,7-9H2,1-2H3,(H,16,17). The third kappa shape index (κ3) is 5.48. The van der Waals surface area contributed by atoms with Gasteiger partial charge in [0, 0.05) is 11.6 Å². The first kappa shape index (κ1) is 16.9. The van der Waals surface area contributed by atoms with E-state index in [0.717, 1.165) is 0 Å². The lowest BCUT2D eigenvalue weighted by atomic mass is 9.86. The van der Waals surface area contributed by atoms with E-state index in [4.69, 9.17) is 16.7 Å². The van der Waals surface area contributed by atoms with Crippen molar-refractivity contribution < 1.29 is 18.3 Å². The van der Waals surface area contributed by atoms with Crippen molar-refractivity contribution in [3.8, 4) is 0 Å². The van der Waals surface area contributed by atoms with E-state index in [1.807, 2.05) is 0 Å². The maximum atomic E-state index is 12.0. The molecule has 0 heterocycles. The number of hydrogen-bond acceptors (Lipinski definition) is 3. The molecule has 112 valence electrons. The molecule has 1 aromatic carbocycles. The molecule has 0 atom stereocenters. The van der Waals surface area contributed by atoms with Crippen LogP contribution in [0.25, 0.3) is 0 Å². The molecular formula is C13H18ClNO4S. The summed E-state index contributed by atoms with van der Waals surface area (Å²) in [6.07, 6.45) is 0.432. The number of aliphatic carboxylic acids is 1. The summed E-state index contributed by atoms with van der Waals surface area (Å²) in [6.45, 7) is 3.76. The maximum Gasteiger partial charge on any atom is 0.303 e. The van der Waals surface area contributed by atoms with Crippen LogP contribution in [0.3, 0.4) is 0 Å². The first-order valence-electron chi connectivity index (χ1n) is 6.09. The molecule has 0 fully saturated rings. The van der Waals surface area contributed by atoms with Crippen molar-refractivity contribution in [3.63, 3.8) is 0 Å². The summed E-state index contributed by atoms with van der Waals surface area (Å²) in [5.74, 6) is -0.893. The Morgan fingerprint density at radius 2 is 1.85 bits per heavy atom. The Kier molecular flexibility index (Phi) is 5.56. The Balaban J connectivity index is 2.60. The van der Waals surface area contributed by atoms with E-state index in [1.54, 1.807) is 13.8 Å². The predicted molar refractivity (Wildman–Crippen MR) is 77.3 cm³/mol. The topological polar surface area (TPSA) is 83.5 Å². The molecule has 20 heavy (non-hydrogen) atoms. The van der Waals surface area contributed by atoms with Gasteiger partial charge in [0.1, 0.15) is 0 Å². The molecule has 0 radical (unpaired) electrons. The van der Waals surface area contributed by atoms with Crippen LogP contribution >= 0.6 is 11.6 Å². The molecule has 0 saturated heterocycles. The lowest BCUT2D eigenvalue weighted by Crippen LogP contribution is -2.29. The first-order chi connectivity index (χ1) is 9.12. The van der Waals surface area contributed by atoms with E-state index in [0.29, 0.717) is 11.4 Å². The quantitative estimate of drug-likeness (QED) is 0.809. The van der Waals surface area contributed by atoms with Gasteiger partial charge in [0.2, 0.25) is 10.0 Å². The van der Waals surface area contributed by atoms with Crippen LogP contribution in [-0.4, -0.2) is 26.0 Å². The van der Waals surface area contributed by atoms with E-state index < -0.39 is 21.4 Å². The Hall–Kier alpha value is -1.11. The number of halogens is 1. The van der Waals surface area contributed by atoms with Crippen molar-refractivity contribution in [2.45, 2.75) is 31.6 Å². The monoisotopic (exact) mass is 319 g/mol. The van der Waals surface area contributed by atoms with Gasteiger partial charge in [-0.1, -0.05) is 25.4 Å². The fourth-order valence-corrected chi connectivity index (χ4v) is 2.88. The van der Waals surface area contributed by atoms with E-state index >= 15 is 0 Å². The minimum Gasteiger partial charge on any atom is -0.481 e. The highest BCUT2D eigenvalue weighted by Gasteiger charge is 2.22. The van der Waals surface area contributed by atoms with Crippen molar-refractivity contribution in [3.05, 3.63) is 29.3 Å². The van der Waals surface area contributed by atoms with Crippen molar-refractivity contribution in [2.24, 2.45) is 5.41 Å². The molecule has 1 rings (SSSR count). The summed E-state index contributed by atoms with van der Waals surface area (Å²) in [4.78, 5) is 10.8. The van der Waals surface area contributed by atoms with Crippen LogP contribution in [0.2, 0.25) is 5.02 Å². The van der Waals surface area contributed by atoms with Gasteiger partial charge in [0.05, 0.1) is 11.3 Å². The Morgan fingerprint density at radius 3 is 2.35 bits per heavy atom.